The molecule has 1 aliphatic rings. The molecule has 7 heteroatoms. The molecule has 1 aliphatic carbocycles. The van der Waals surface area contributed by atoms with E-state index in [1.165, 1.54) is 0 Å². The van der Waals surface area contributed by atoms with Crippen molar-refractivity contribution in [1.82, 2.24) is 0 Å². The summed E-state index contributed by atoms with van der Waals surface area (Å²) in [5.41, 5.74) is -1.28. The topological polar surface area (TPSA) is 55.8 Å². The number of carboxylic acids is 1. The van der Waals surface area contributed by atoms with Crippen molar-refractivity contribution in [2.24, 2.45) is 0 Å². The number of ether oxygens (including phenoxy) is 2. The summed E-state index contributed by atoms with van der Waals surface area (Å²) in [6.45, 7) is -0.323. The van der Waals surface area contributed by atoms with Crippen LogP contribution in [-0.4, -0.2) is 24.0 Å². The molecule has 0 saturated heterocycles. The van der Waals surface area contributed by atoms with Crippen LogP contribution in [0.4, 0.5) is 13.2 Å². The lowest BCUT2D eigenvalue weighted by atomic mass is 10.1. The summed E-state index contributed by atoms with van der Waals surface area (Å²) >= 11 is 0. The molecule has 116 valence electrons. The zero-order valence-electron chi connectivity index (χ0n) is 11.2. The van der Waals surface area contributed by atoms with Gasteiger partial charge in [0.1, 0.15) is 5.75 Å². The Kier molecular flexibility index (Phi) is 4.72. The van der Waals surface area contributed by atoms with E-state index in [2.05, 4.69) is 0 Å². The van der Waals surface area contributed by atoms with Gasteiger partial charge in [-0.1, -0.05) is 12.8 Å². The molecule has 1 aromatic rings. The average molecular weight is 304 g/mol. The van der Waals surface area contributed by atoms with Crippen molar-refractivity contribution in [3.63, 3.8) is 0 Å². The standard InChI is InChI=1S/C14H15F3O4/c15-14(16,17)11-6-5-9(13(18)19)7-12(11)21-8-20-10-3-1-2-4-10/h5-7,10H,1-4,8H2,(H,18,19). The van der Waals surface area contributed by atoms with Crippen molar-refractivity contribution in [3.05, 3.63) is 29.3 Å². The molecule has 0 unspecified atom stereocenters. The molecule has 1 saturated carbocycles. The molecule has 1 N–H and O–H groups in total. The largest absolute Gasteiger partial charge is 0.478 e. The van der Waals surface area contributed by atoms with E-state index in [4.69, 9.17) is 14.6 Å². The summed E-state index contributed by atoms with van der Waals surface area (Å²) in [7, 11) is 0. The Morgan fingerprint density at radius 3 is 2.52 bits per heavy atom. The van der Waals surface area contributed by atoms with Crippen molar-refractivity contribution >= 4 is 5.97 Å². The van der Waals surface area contributed by atoms with Crippen LogP contribution in [0.15, 0.2) is 18.2 Å². The molecule has 0 atom stereocenters. The van der Waals surface area contributed by atoms with Gasteiger partial charge in [0.05, 0.1) is 17.2 Å². The van der Waals surface area contributed by atoms with E-state index in [1.807, 2.05) is 0 Å². The Morgan fingerprint density at radius 2 is 1.95 bits per heavy atom. The van der Waals surface area contributed by atoms with Crippen LogP contribution in [0.3, 0.4) is 0 Å². The fourth-order valence-electron chi connectivity index (χ4n) is 2.26. The summed E-state index contributed by atoms with van der Waals surface area (Å²) in [5.74, 6) is -1.84. The first-order valence-corrected chi connectivity index (χ1v) is 6.57. The monoisotopic (exact) mass is 304 g/mol. The lowest BCUT2D eigenvalue weighted by Gasteiger charge is -2.16. The highest BCUT2D eigenvalue weighted by Crippen LogP contribution is 2.37. The van der Waals surface area contributed by atoms with Gasteiger partial charge in [0, 0.05) is 0 Å². The Balaban J connectivity index is 2.10. The Hall–Kier alpha value is -1.76. The molecule has 4 nitrogen and oxygen atoms in total. The number of hydrogen-bond acceptors (Lipinski definition) is 3. The van der Waals surface area contributed by atoms with Gasteiger partial charge in [-0.15, -0.1) is 0 Å². The van der Waals surface area contributed by atoms with E-state index in [1.54, 1.807) is 0 Å². The van der Waals surface area contributed by atoms with E-state index in [9.17, 15) is 18.0 Å². The van der Waals surface area contributed by atoms with E-state index in [-0.39, 0.29) is 18.5 Å². The number of carbonyl (C=O) groups is 1. The van der Waals surface area contributed by atoms with Gasteiger partial charge < -0.3 is 14.6 Å². The normalized spacial score (nSPS) is 16.1. The van der Waals surface area contributed by atoms with Crippen molar-refractivity contribution in [2.75, 3.05) is 6.79 Å². The Labute approximate surface area is 119 Å². The minimum absolute atomic E-state index is 0.00185. The van der Waals surface area contributed by atoms with E-state index >= 15 is 0 Å². The second-order valence-electron chi connectivity index (χ2n) is 4.85. The first-order valence-electron chi connectivity index (χ1n) is 6.57. The van der Waals surface area contributed by atoms with Crippen molar-refractivity contribution in [3.8, 4) is 5.75 Å². The number of rotatable bonds is 5. The number of alkyl halides is 3. The number of carboxylic acid groups (broad SMARTS) is 1. The van der Waals surface area contributed by atoms with Crippen LogP contribution in [-0.2, 0) is 10.9 Å². The van der Waals surface area contributed by atoms with Crippen LogP contribution in [0.2, 0.25) is 0 Å². The highest BCUT2D eigenvalue weighted by atomic mass is 19.4. The SMILES string of the molecule is O=C(O)c1ccc(C(F)(F)F)c(OCOC2CCCC2)c1. The minimum Gasteiger partial charge on any atom is -0.478 e. The third kappa shape index (κ3) is 4.10. The second kappa shape index (κ2) is 6.34. The highest BCUT2D eigenvalue weighted by Gasteiger charge is 2.35. The van der Waals surface area contributed by atoms with Crippen molar-refractivity contribution in [1.29, 1.82) is 0 Å². The number of halogens is 3. The number of aromatic carboxylic acids is 1. The zero-order chi connectivity index (χ0) is 15.5. The maximum atomic E-state index is 12.8. The predicted molar refractivity (Wildman–Crippen MR) is 67.2 cm³/mol. The van der Waals surface area contributed by atoms with Gasteiger partial charge in [0.2, 0.25) is 0 Å². The summed E-state index contributed by atoms with van der Waals surface area (Å²) in [6.07, 6.45) is -0.809. The van der Waals surface area contributed by atoms with Crippen LogP contribution < -0.4 is 4.74 Å². The van der Waals surface area contributed by atoms with Gasteiger partial charge in [0.25, 0.3) is 0 Å². The molecule has 0 spiro atoms. The fourth-order valence-corrected chi connectivity index (χ4v) is 2.26. The summed E-state index contributed by atoms with van der Waals surface area (Å²) in [4.78, 5) is 10.8. The summed E-state index contributed by atoms with van der Waals surface area (Å²) in [5, 5.41) is 8.83. The molecule has 0 amide bonds. The molecular formula is C14H15F3O4. The van der Waals surface area contributed by atoms with Gasteiger partial charge in [-0.2, -0.15) is 13.2 Å². The molecule has 0 bridgehead atoms. The van der Waals surface area contributed by atoms with Gasteiger partial charge in [0.15, 0.2) is 6.79 Å². The Bertz CT molecular complexity index is 507. The molecular weight excluding hydrogens is 289 g/mol. The quantitative estimate of drug-likeness (QED) is 0.843. The summed E-state index contributed by atoms with van der Waals surface area (Å²) in [6, 6.07) is 2.47. The van der Waals surface area contributed by atoms with Gasteiger partial charge in [-0.05, 0) is 31.0 Å². The molecule has 0 radical (unpaired) electrons. The van der Waals surface area contributed by atoms with Crippen molar-refractivity contribution < 1.29 is 32.5 Å². The molecule has 1 fully saturated rings. The zero-order valence-corrected chi connectivity index (χ0v) is 11.2. The minimum atomic E-state index is -4.61. The molecule has 0 heterocycles. The van der Waals surface area contributed by atoms with Crippen molar-refractivity contribution in [2.45, 2.75) is 38.0 Å². The molecule has 0 aromatic heterocycles. The lowest BCUT2D eigenvalue weighted by molar-refractivity contribution is -0.140. The Morgan fingerprint density at radius 1 is 1.29 bits per heavy atom. The van der Waals surface area contributed by atoms with Gasteiger partial charge >= 0.3 is 12.1 Å². The third-order valence-corrected chi connectivity index (χ3v) is 3.35. The smallest absolute Gasteiger partial charge is 0.419 e. The third-order valence-electron chi connectivity index (χ3n) is 3.35. The van der Waals surface area contributed by atoms with Gasteiger partial charge in [-0.3, -0.25) is 0 Å². The first kappa shape index (κ1) is 15.6. The second-order valence-corrected chi connectivity index (χ2v) is 4.85. The van der Waals surface area contributed by atoms with Crippen LogP contribution in [0.25, 0.3) is 0 Å². The maximum Gasteiger partial charge on any atom is 0.419 e. The first-order chi connectivity index (χ1) is 9.88. The number of benzene rings is 1. The van der Waals surface area contributed by atoms with Crippen LogP contribution >= 0.6 is 0 Å². The van der Waals surface area contributed by atoms with Crippen LogP contribution in [0, 0.1) is 0 Å². The highest BCUT2D eigenvalue weighted by molar-refractivity contribution is 5.88. The van der Waals surface area contributed by atoms with Gasteiger partial charge in [-0.25, -0.2) is 4.79 Å². The van der Waals surface area contributed by atoms with E-state index in [0.29, 0.717) is 6.07 Å². The maximum absolute atomic E-state index is 12.8. The predicted octanol–water partition coefficient (Wildman–Crippen LogP) is 3.70. The number of hydrogen-bond donors (Lipinski definition) is 1. The molecule has 21 heavy (non-hydrogen) atoms. The van der Waals surface area contributed by atoms with E-state index < -0.39 is 23.5 Å². The molecule has 2 rings (SSSR count). The lowest BCUT2D eigenvalue weighted by Crippen LogP contribution is -2.15. The van der Waals surface area contributed by atoms with E-state index in [0.717, 1.165) is 37.8 Å². The molecule has 0 aliphatic heterocycles. The average Bonchev–Trinajstić information content (AvgIpc) is 2.90. The summed E-state index contributed by atoms with van der Waals surface area (Å²) < 4.78 is 48.9. The fraction of sp³-hybridized carbons (Fsp3) is 0.500. The van der Waals surface area contributed by atoms with Crippen LogP contribution in [0.1, 0.15) is 41.6 Å². The molecule has 1 aromatic carbocycles. The van der Waals surface area contributed by atoms with Crippen LogP contribution in [0.5, 0.6) is 5.75 Å².